The summed E-state index contributed by atoms with van der Waals surface area (Å²) >= 11 is 1.90. The number of benzene rings is 2. The lowest BCUT2D eigenvalue weighted by molar-refractivity contribution is 0.196. The predicted molar refractivity (Wildman–Crippen MR) is 168 cm³/mol. The summed E-state index contributed by atoms with van der Waals surface area (Å²) in [5.41, 5.74) is 12.8. The second-order valence-electron chi connectivity index (χ2n) is 12.3. The summed E-state index contributed by atoms with van der Waals surface area (Å²) in [5.74, 6) is 4.39. The Balaban J connectivity index is 1.11. The molecule has 2 saturated carbocycles. The Kier molecular flexibility index (Phi) is 5.58. The lowest BCUT2D eigenvalue weighted by Crippen LogP contribution is -2.27. The van der Waals surface area contributed by atoms with E-state index in [2.05, 4.69) is 83.2 Å². The average molecular weight is 556 g/mol. The number of fused-ring (bicyclic) bond motifs is 2. The Morgan fingerprint density at radius 2 is 1.80 bits per heavy atom. The van der Waals surface area contributed by atoms with E-state index in [0.29, 0.717) is 17.2 Å². The molecule has 4 heterocycles. The third-order valence-electron chi connectivity index (χ3n) is 10.1. The van der Waals surface area contributed by atoms with Crippen molar-refractivity contribution in [1.29, 1.82) is 0 Å². The van der Waals surface area contributed by atoms with Gasteiger partial charge < -0.3 is 5.73 Å². The van der Waals surface area contributed by atoms with E-state index in [4.69, 9.17) is 15.7 Å². The number of nitrogens with two attached hydrogens (primary N) is 1. The first-order chi connectivity index (χ1) is 20.0. The van der Waals surface area contributed by atoms with Crippen LogP contribution in [-0.2, 0) is 6.42 Å². The highest BCUT2D eigenvalue weighted by Gasteiger charge is 2.62. The molecule has 0 radical (unpaired) electrons. The van der Waals surface area contributed by atoms with Gasteiger partial charge in [0.2, 0.25) is 0 Å². The highest BCUT2D eigenvalue weighted by molar-refractivity contribution is 7.09. The van der Waals surface area contributed by atoms with Gasteiger partial charge in [0.15, 0.2) is 0 Å². The molecular formula is C35H33N5S. The molecule has 2 aromatic carbocycles. The average Bonchev–Trinajstić information content (AvgIpc) is 3.37. The summed E-state index contributed by atoms with van der Waals surface area (Å²) in [6, 6.07) is 25.4. The summed E-state index contributed by atoms with van der Waals surface area (Å²) in [7, 11) is 0. The minimum atomic E-state index is 0.422. The molecule has 0 amide bonds. The molecule has 0 aliphatic heterocycles. The molecule has 6 aromatic rings. The van der Waals surface area contributed by atoms with E-state index >= 15 is 0 Å². The van der Waals surface area contributed by atoms with Crippen molar-refractivity contribution >= 4 is 33.6 Å². The van der Waals surface area contributed by atoms with Crippen LogP contribution in [0.4, 0.5) is 5.82 Å². The van der Waals surface area contributed by atoms with Crippen molar-refractivity contribution in [2.24, 2.45) is 23.2 Å². The zero-order chi connectivity index (χ0) is 27.7. The molecule has 6 heteroatoms. The third kappa shape index (κ3) is 3.99. The van der Waals surface area contributed by atoms with Crippen LogP contribution in [0, 0.1) is 23.2 Å². The molecule has 2 unspecified atom stereocenters. The van der Waals surface area contributed by atoms with Crippen LogP contribution in [0.1, 0.15) is 43.3 Å². The second kappa shape index (κ2) is 9.25. The molecule has 5 nitrogen and oxygen atoms in total. The Hall–Kier alpha value is -4.03. The molecule has 2 fully saturated rings. The minimum absolute atomic E-state index is 0.422. The number of thiophene rings is 1. The first-order valence-corrected chi connectivity index (χ1v) is 15.5. The number of nitrogen functional groups attached to an aromatic ring is 1. The van der Waals surface area contributed by atoms with Gasteiger partial charge in [-0.15, -0.1) is 11.3 Å². The highest BCUT2D eigenvalue weighted by atomic mass is 32.1. The molecular weight excluding hydrogens is 522 g/mol. The first kappa shape index (κ1) is 24.7. The van der Waals surface area contributed by atoms with Gasteiger partial charge in [-0.1, -0.05) is 68.4 Å². The third-order valence-corrected chi connectivity index (χ3v) is 10.9. The zero-order valence-corrected chi connectivity index (χ0v) is 24.2. The number of imidazole rings is 1. The monoisotopic (exact) mass is 555 g/mol. The number of anilines is 1. The molecule has 204 valence electrons. The maximum Gasteiger partial charge on any atom is 0.150 e. The van der Waals surface area contributed by atoms with E-state index in [1.165, 1.54) is 24.1 Å². The smallest absolute Gasteiger partial charge is 0.150 e. The van der Waals surface area contributed by atoms with Crippen LogP contribution in [0.15, 0.2) is 90.6 Å². The number of hydrogen-bond acceptors (Lipinski definition) is 5. The molecule has 4 aromatic heterocycles. The molecule has 0 saturated heterocycles. The van der Waals surface area contributed by atoms with E-state index in [1.54, 1.807) is 6.20 Å². The van der Waals surface area contributed by atoms with Crippen LogP contribution in [-0.4, -0.2) is 19.4 Å². The summed E-state index contributed by atoms with van der Waals surface area (Å²) in [6.45, 7) is 4.96. The van der Waals surface area contributed by atoms with Crippen LogP contribution in [0.25, 0.3) is 38.9 Å². The fourth-order valence-corrected chi connectivity index (χ4v) is 8.51. The van der Waals surface area contributed by atoms with Gasteiger partial charge in [-0.05, 0) is 66.0 Å². The number of nitrogens with zero attached hydrogens (tertiary/aromatic N) is 4. The Bertz CT molecular complexity index is 1890. The summed E-state index contributed by atoms with van der Waals surface area (Å²) in [4.78, 5) is 16.2. The van der Waals surface area contributed by atoms with Crippen LogP contribution in [0.3, 0.4) is 0 Å². The molecule has 3 atom stereocenters. The van der Waals surface area contributed by atoms with E-state index in [0.717, 1.165) is 62.5 Å². The van der Waals surface area contributed by atoms with Crippen molar-refractivity contribution in [3.63, 3.8) is 0 Å². The highest BCUT2D eigenvalue weighted by Crippen LogP contribution is 2.68. The van der Waals surface area contributed by atoms with E-state index in [1.807, 2.05) is 35.7 Å². The molecule has 2 aliphatic rings. The molecule has 8 rings (SSSR count). The van der Waals surface area contributed by atoms with E-state index in [9.17, 15) is 0 Å². The topological polar surface area (TPSA) is 69.1 Å². The maximum atomic E-state index is 6.50. The van der Waals surface area contributed by atoms with Crippen molar-refractivity contribution < 1.29 is 0 Å². The van der Waals surface area contributed by atoms with Gasteiger partial charge in [-0.25, -0.2) is 15.0 Å². The van der Waals surface area contributed by atoms with Crippen LogP contribution in [0.2, 0.25) is 0 Å². The van der Waals surface area contributed by atoms with Gasteiger partial charge in [0.25, 0.3) is 0 Å². The quantitative estimate of drug-likeness (QED) is 0.225. The van der Waals surface area contributed by atoms with Crippen LogP contribution >= 0.6 is 11.3 Å². The maximum absolute atomic E-state index is 6.50. The van der Waals surface area contributed by atoms with Gasteiger partial charge in [-0.2, -0.15) is 0 Å². The Morgan fingerprint density at radius 3 is 2.61 bits per heavy atom. The van der Waals surface area contributed by atoms with Gasteiger partial charge >= 0.3 is 0 Å². The van der Waals surface area contributed by atoms with Gasteiger partial charge in [0.05, 0.1) is 11.2 Å². The summed E-state index contributed by atoms with van der Waals surface area (Å²) in [5, 5.41) is 3.31. The molecule has 2 N–H and O–H groups in total. The van der Waals surface area contributed by atoms with Crippen molar-refractivity contribution in [1.82, 2.24) is 19.4 Å². The summed E-state index contributed by atoms with van der Waals surface area (Å²) in [6.07, 6.45) is 7.41. The summed E-state index contributed by atoms with van der Waals surface area (Å²) < 4.78 is 2.19. The van der Waals surface area contributed by atoms with Crippen molar-refractivity contribution in [3.8, 4) is 22.5 Å². The number of pyridine rings is 1. The van der Waals surface area contributed by atoms with Gasteiger partial charge in [0, 0.05) is 39.7 Å². The lowest BCUT2D eigenvalue weighted by atomic mass is 9.70. The number of aromatic nitrogens is 4. The number of rotatable bonds is 6. The normalized spacial score (nSPS) is 25.4. The second-order valence-corrected chi connectivity index (χ2v) is 13.4. The van der Waals surface area contributed by atoms with Gasteiger partial charge in [0.1, 0.15) is 22.9 Å². The van der Waals surface area contributed by atoms with Crippen molar-refractivity contribution in [2.75, 3.05) is 5.73 Å². The van der Waals surface area contributed by atoms with Crippen molar-refractivity contribution in [2.45, 2.75) is 39.0 Å². The molecule has 0 spiro atoms. The Morgan fingerprint density at radius 1 is 0.976 bits per heavy atom. The minimum Gasteiger partial charge on any atom is -0.382 e. The van der Waals surface area contributed by atoms with Crippen molar-refractivity contribution in [3.05, 3.63) is 101 Å². The van der Waals surface area contributed by atoms with Gasteiger partial charge in [-0.3, -0.25) is 4.40 Å². The van der Waals surface area contributed by atoms with E-state index < -0.39 is 0 Å². The standard InChI is InChI=1S/C35H33N5S/c1-21-30(35(21,2)20-27-9-6-16-41-27)25-17-26(18-25)34-39-31(32-33(36)37-14-15-40(32)34)24-11-10-23-12-13-28(38-29(23)19-24)22-7-4-3-5-8-22/h3-16,19,21,25-26,30H,17-18,20H2,1-2H3,(H2,36,37)/t21?,25?,26?,30-,35?/m1/s1. The van der Waals surface area contributed by atoms with E-state index in [-0.39, 0.29) is 0 Å². The molecule has 41 heavy (non-hydrogen) atoms. The fraction of sp³-hybridized carbons (Fsp3) is 0.286. The largest absolute Gasteiger partial charge is 0.382 e. The number of hydrogen-bond donors (Lipinski definition) is 1. The molecule has 2 aliphatic carbocycles. The SMILES string of the molecule is CC1[C@H](C2CC(c3nc(-c4ccc5ccc(-c6ccccc6)nc5c4)c4c(N)nccn34)C2)C1(C)Cc1cccs1. The Labute approximate surface area is 244 Å². The van der Waals surface area contributed by atoms with Crippen LogP contribution in [0.5, 0.6) is 0 Å². The fourth-order valence-electron chi connectivity index (χ4n) is 7.63. The lowest BCUT2D eigenvalue weighted by Gasteiger charge is -2.36. The zero-order valence-electron chi connectivity index (χ0n) is 23.4. The predicted octanol–water partition coefficient (Wildman–Crippen LogP) is 8.26. The molecule has 0 bridgehead atoms. The van der Waals surface area contributed by atoms with Crippen LogP contribution < -0.4 is 5.73 Å². The first-order valence-electron chi connectivity index (χ1n) is 14.6.